The van der Waals surface area contributed by atoms with Gasteiger partial charge >= 0.3 is 0 Å². The number of para-hydroxylation sites is 1. The molecule has 0 spiro atoms. The summed E-state index contributed by atoms with van der Waals surface area (Å²) in [4.78, 5) is 0. The molecular weight excluding hydrogens is 222 g/mol. The molecule has 0 aliphatic heterocycles. The van der Waals surface area contributed by atoms with Gasteiger partial charge in [0.2, 0.25) is 0 Å². The van der Waals surface area contributed by atoms with E-state index in [1.807, 2.05) is 30.3 Å². The summed E-state index contributed by atoms with van der Waals surface area (Å²) in [6.45, 7) is 6.45. The molecule has 18 heavy (non-hydrogen) atoms. The number of nitrogens with one attached hydrogen (secondary N) is 1. The molecule has 1 unspecified atom stereocenters. The van der Waals surface area contributed by atoms with Gasteiger partial charge in [-0.05, 0) is 44.9 Å². The first kappa shape index (κ1) is 15.0. The molecule has 1 aromatic rings. The highest BCUT2D eigenvalue weighted by Crippen LogP contribution is 2.10. The Bertz CT molecular complexity index is 286. The largest absolute Gasteiger partial charge is 0.494 e. The van der Waals surface area contributed by atoms with E-state index >= 15 is 0 Å². The van der Waals surface area contributed by atoms with E-state index < -0.39 is 0 Å². The second-order valence-electron chi connectivity index (χ2n) is 4.87. The van der Waals surface area contributed by atoms with Crippen LogP contribution in [-0.2, 0) is 0 Å². The zero-order valence-corrected chi connectivity index (χ0v) is 11.8. The average molecular weight is 249 g/mol. The van der Waals surface area contributed by atoms with E-state index in [2.05, 4.69) is 19.2 Å². The molecular formula is C16H27NO. The van der Waals surface area contributed by atoms with E-state index in [4.69, 9.17) is 4.74 Å². The van der Waals surface area contributed by atoms with Crippen LogP contribution in [0.4, 0.5) is 0 Å². The van der Waals surface area contributed by atoms with Gasteiger partial charge in [-0.25, -0.2) is 0 Å². The first-order chi connectivity index (χ1) is 8.83. The normalized spacial score (nSPS) is 12.3. The smallest absolute Gasteiger partial charge is 0.119 e. The fraction of sp³-hybridized carbons (Fsp3) is 0.625. The van der Waals surface area contributed by atoms with Crippen molar-refractivity contribution >= 4 is 0 Å². The van der Waals surface area contributed by atoms with Gasteiger partial charge in [-0.2, -0.15) is 0 Å². The molecule has 0 radical (unpaired) electrons. The molecule has 0 heterocycles. The molecule has 0 fully saturated rings. The predicted octanol–water partition coefficient (Wildman–Crippen LogP) is 4.01. The molecule has 1 atom stereocenters. The van der Waals surface area contributed by atoms with Crippen LogP contribution in [0.1, 0.15) is 46.0 Å². The van der Waals surface area contributed by atoms with E-state index in [9.17, 15) is 0 Å². The van der Waals surface area contributed by atoms with Crippen molar-refractivity contribution in [3.8, 4) is 5.75 Å². The van der Waals surface area contributed by atoms with Gasteiger partial charge in [0.1, 0.15) is 5.75 Å². The maximum atomic E-state index is 5.66. The monoisotopic (exact) mass is 249 g/mol. The fourth-order valence-electron chi connectivity index (χ4n) is 1.93. The molecule has 0 aliphatic rings. The minimum absolute atomic E-state index is 0.653. The van der Waals surface area contributed by atoms with Crippen LogP contribution in [0.15, 0.2) is 30.3 Å². The standard InChI is InChI=1S/C16H27NO/c1-3-13-17-15(2)10-6-5-9-14-18-16-11-7-4-8-12-16/h4,7-8,11-12,15,17H,3,5-6,9-10,13-14H2,1-2H3. The van der Waals surface area contributed by atoms with Crippen LogP contribution in [0.5, 0.6) is 5.75 Å². The summed E-state index contributed by atoms with van der Waals surface area (Å²) < 4.78 is 5.66. The number of benzene rings is 1. The highest BCUT2D eigenvalue weighted by molar-refractivity contribution is 5.20. The second-order valence-corrected chi connectivity index (χ2v) is 4.87. The molecule has 1 rings (SSSR count). The highest BCUT2D eigenvalue weighted by atomic mass is 16.5. The summed E-state index contributed by atoms with van der Waals surface area (Å²) in [5.41, 5.74) is 0. The molecule has 0 saturated carbocycles. The van der Waals surface area contributed by atoms with Gasteiger partial charge in [-0.3, -0.25) is 0 Å². The molecule has 1 aromatic carbocycles. The number of hydrogen-bond acceptors (Lipinski definition) is 2. The van der Waals surface area contributed by atoms with Crippen molar-refractivity contribution in [2.75, 3.05) is 13.2 Å². The van der Waals surface area contributed by atoms with Crippen LogP contribution in [-0.4, -0.2) is 19.2 Å². The zero-order chi connectivity index (χ0) is 13.1. The molecule has 0 bridgehead atoms. The van der Waals surface area contributed by atoms with E-state index in [-0.39, 0.29) is 0 Å². The van der Waals surface area contributed by atoms with Gasteiger partial charge in [0, 0.05) is 6.04 Å². The second kappa shape index (κ2) is 9.95. The Morgan fingerprint density at radius 2 is 1.89 bits per heavy atom. The Balaban J connectivity index is 1.93. The molecule has 0 saturated heterocycles. The third kappa shape index (κ3) is 7.33. The number of unbranched alkanes of at least 4 members (excludes halogenated alkanes) is 2. The maximum absolute atomic E-state index is 5.66. The molecule has 0 amide bonds. The molecule has 2 heteroatoms. The van der Waals surface area contributed by atoms with Gasteiger partial charge in [0.15, 0.2) is 0 Å². The van der Waals surface area contributed by atoms with Crippen LogP contribution >= 0.6 is 0 Å². The summed E-state index contributed by atoms with van der Waals surface area (Å²) in [7, 11) is 0. The van der Waals surface area contributed by atoms with E-state index in [1.165, 1.54) is 25.7 Å². The summed E-state index contributed by atoms with van der Waals surface area (Å²) in [5.74, 6) is 0.982. The fourth-order valence-corrected chi connectivity index (χ4v) is 1.93. The lowest BCUT2D eigenvalue weighted by Crippen LogP contribution is -2.26. The van der Waals surface area contributed by atoms with Crippen molar-refractivity contribution in [3.63, 3.8) is 0 Å². The molecule has 2 nitrogen and oxygen atoms in total. The summed E-state index contributed by atoms with van der Waals surface area (Å²) in [6.07, 6.45) is 6.18. The molecule has 0 aliphatic carbocycles. The van der Waals surface area contributed by atoms with Crippen molar-refractivity contribution < 1.29 is 4.74 Å². The van der Waals surface area contributed by atoms with Gasteiger partial charge in [0.05, 0.1) is 6.61 Å². The third-order valence-electron chi connectivity index (χ3n) is 3.04. The lowest BCUT2D eigenvalue weighted by Gasteiger charge is -2.12. The summed E-state index contributed by atoms with van der Waals surface area (Å²) in [5, 5.41) is 3.52. The Labute approximate surface area is 112 Å². The van der Waals surface area contributed by atoms with Gasteiger partial charge in [-0.1, -0.05) is 38.0 Å². The lowest BCUT2D eigenvalue weighted by atomic mass is 10.1. The Kier molecular flexibility index (Phi) is 8.32. The lowest BCUT2D eigenvalue weighted by molar-refractivity contribution is 0.303. The van der Waals surface area contributed by atoms with Gasteiger partial charge < -0.3 is 10.1 Å². The van der Waals surface area contributed by atoms with Crippen molar-refractivity contribution in [1.29, 1.82) is 0 Å². The van der Waals surface area contributed by atoms with Crippen LogP contribution in [0.25, 0.3) is 0 Å². The van der Waals surface area contributed by atoms with Gasteiger partial charge in [0.25, 0.3) is 0 Å². The van der Waals surface area contributed by atoms with Crippen molar-refractivity contribution in [2.45, 2.75) is 52.0 Å². The first-order valence-corrected chi connectivity index (χ1v) is 7.24. The number of hydrogen-bond donors (Lipinski definition) is 1. The van der Waals surface area contributed by atoms with E-state index in [0.717, 1.165) is 25.3 Å². The van der Waals surface area contributed by atoms with Crippen molar-refractivity contribution in [3.05, 3.63) is 30.3 Å². The van der Waals surface area contributed by atoms with E-state index in [1.54, 1.807) is 0 Å². The molecule has 0 aromatic heterocycles. The number of rotatable bonds is 10. The first-order valence-electron chi connectivity index (χ1n) is 7.24. The van der Waals surface area contributed by atoms with Crippen LogP contribution in [0, 0.1) is 0 Å². The van der Waals surface area contributed by atoms with Gasteiger partial charge in [-0.15, -0.1) is 0 Å². The quantitative estimate of drug-likeness (QED) is 0.632. The molecule has 1 N–H and O–H groups in total. The number of ether oxygens (including phenoxy) is 1. The Morgan fingerprint density at radius 1 is 1.11 bits per heavy atom. The maximum Gasteiger partial charge on any atom is 0.119 e. The zero-order valence-electron chi connectivity index (χ0n) is 11.8. The summed E-state index contributed by atoms with van der Waals surface area (Å²) in [6, 6.07) is 10.7. The molecule has 102 valence electrons. The summed E-state index contributed by atoms with van der Waals surface area (Å²) >= 11 is 0. The topological polar surface area (TPSA) is 21.3 Å². The highest BCUT2D eigenvalue weighted by Gasteiger charge is 1.99. The van der Waals surface area contributed by atoms with Crippen molar-refractivity contribution in [2.24, 2.45) is 0 Å². The van der Waals surface area contributed by atoms with Crippen LogP contribution in [0.2, 0.25) is 0 Å². The third-order valence-corrected chi connectivity index (χ3v) is 3.04. The SMILES string of the molecule is CCCNC(C)CCCCCOc1ccccc1. The minimum atomic E-state index is 0.653. The van der Waals surface area contributed by atoms with Crippen molar-refractivity contribution in [1.82, 2.24) is 5.32 Å². The average Bonchev–Trinajstić information content (AvgIpc) is 2.41. The minimum Gasteiger partial charge on any atom is -0.494 e. The van der Waals surface area contributed by atoms with Crippen LogP contribution < -0.4 is 10.1 Å². The predicted molar refractivity (Wildman–Crippen MR) is 78.2 cm³/mol. The van der Waals surface area contributed by atoms with E-state index in [0.29, 0.717) is 6.04 Å². The Morgan fingerprint density at radius 3 is 2.61 bits per heavy atom. The Hall–Kier alpha value is -1.02. The van der Waals surface area contributed by atoms with Crippen LogP contribution in [0.3, 0.4) is 0 Å².